The maximum atomic E-state index is 11.4. The van der Waals surface area contributed by atoms with E-state index in [1.165, 1.54) is 16.7 Å². The first-order valence-electron chi connectivity index (χ1n) is 4.86. The number of hydrogen-bond acceptors (Lipinski definition) is 2. The summed E-state index contributed by atoms with van der Waals surface area (Å²) in [5.74, 6) is -0.222. The van der Waals surface area contributed by atoms with E-state index >= 15 is 0 Å². The quantitative estimate of drug-likeness (QED) is 0.587. The molecule has 0 fully saturated rings. The van der Waals surface area contributed by atoms with Gasteiger partial charge in [0.1, 0.15) is 6.61 Å². The van der Waals surface area contributed by atoms with E-state index in [1.807, 2.05) is 6.92 Å². The van der Waals surface area contributed by atoms with E-state index < -0.39 is 0 Å². The van der Waals surface area contributed by atoms with Crippen molar-refractivity contribution in [3.63, 3.8) is 0 Å². The van der Waals surface area contributed by atoms with Gasteiger partial charge in [0, 0.05) is 0 Å². The minimum atomic E-state index is -0.114. The van der Waals surface area contributed by atoms with Crippen LogP contribution in [0.2, 0.25) is 0 Å². The summed E-state index contributed by atoms with van der Waals surface area (Å²) in [6.45, 7) is 6.46. The van der Waals surface area contributed by atoms with Gasteiger partial charge in [-0.2, -0.15) is 0 Å². The van der Waals surface area contributed by atoms with Gasteiger partial charge >= 0.3 is 5.97 Å². The summed E-state index contributed by atoms with van der Waals surface area (Å²) in [7, 11) is 0. The van der Waals surface area contributed by atoms with Gasteiger partial charge in [-0.3, -0.25) is 4.79 Å². The predicted molar refractivity (Wildman–Crippen MR) is 54.1 cm³/mol. The molecular formula is C12H14O2. The molecule has 1 heterocycles. The van der Waals surface area contributed by atoms with E-state index in [0.29, 0.717) is 6.61 Å². The Morgan fingerprint density at radius 2 is 2.07 bits per heavy atom. The third-order valence-electron chi connectivity index (χ3n) is 2.83. The van der Waals surface area contributed by atoms with Crippen molar-refractivity contribution in [2.45, 2.75) is 33.3 Å². The monoisotopic (exact) mass is 190 g/mol. The number of benzene rings is 1. The Kier molecular flexibility index (Phi) is 2.06. The van der Waals surface area contributed by atoms with Crippen molar-refractivity contribution in [1.82, 2.24) is 0 Å². The number of carbonyl (C=O) groups excluding carboxylic acids is 1. The summed E-state index contributed by atoms with van der Waals surface area (Å²) >= 11 is 0. The van der Waals surface area contributed by atoms with Crippen LogP contribution in [0.15, 0.2) is 12.1 Å². The molecule has 0 radical (unpaired) electrons. The number of carbonyl (C=O) groups is 1. The van der Waals surface area contributed by atoms with Crippen LogP contribution >= 0.6 is 0 Å². The fraction of sp³-hybridized carbons (Fsp3) is 0.417. The smallest absolute Gasteiger partial charge is 0.313 e. The largest absolute Gasteiger partial charge is 0.460 e. The zero-order valence-electron chi connectivity index (χ0n) is 8.76. The number of aryl methyl sites for hydroxylation is 2. The Labute approximate surface area is 83.9 Å². The molecular weight excluding hydrogens is 176 g/mol. The van der Waals surface area contributed by atoms with Crippen molar-refractivity contribution in [3.8, 4) is 0 Å². The number of fused-ring (bicyclic) bond motifs is 1. The first-order chi connectivity index (χ1) is 6.59. The third-order valence-corrected chi connectivity index (χ3v) is 2.83. The number of esters is 1. The number of rotatable bonds is 0. The lowest BCUT2D eigenvalue weighted by atomic mass is 9.89. The summed E-state index contributed by atoms with van der Waals surface area (Å²) in [5, 5.41) is 0. The van der Waals surface area contributed by atoms with E-state index in [2.05, 4.69) is 26.0 Å². The van der Waals surface area contributed by atoms with Crippen molar-refractivity contribution in [2.75, 3.05) is 0 Å². The van der Waals surface area contributed by atoms with Gasteiger partial charge in [-0.05, 0) is 37.5 Å². The van der Waals surface area contributed by atoms with E-state index in [1.54, 1.807) is 0 Å². The van der Waals surface area contributed by atoms with Crippen molar-refractivity contribution in [1.29, 1.82) is 0 Å². The highest BCUT2D eigenvalue weighted by Crippen LogP contribution is 2.30. The maximum absolute atomic E-state index is 11.4. The summed E-state index contributed by atoms with van der Waals surface area (Å²) < 4.78 is 5.10. The van der Waals surface area contributed by atoms with Gasteiger partial charge in [-0.1, -0.05) is 17.7 Å². The van der Waals surface area contributed by atoms with E-state index in [0.717, 1.165) is 5.56 Å². The van der Waals surface area contributed by atoms with Crippen molar-refractivity contribution in [2.24, 2.45) is 0 Å². The van der Waals surface area contributed by atoms with Gasteiger partial charge in [0.2, 0.25) is 0 Å². The maximum Gasteiger partial charge on any atom is 0.313 e. The summed E-state index contributed by atoms with van der Waals surface area (Å²) in [6.07, 6.45) is 0. The summed E-state index contributed by atoms with van der Waals surface area (Å²) in [6, 6.07) is 4.22. The zero-order valence-corrected chi connectivity index (χ0v) is 8.76. The van der Waals surface area contributed by atoms with Crippen LogP contribution in [-0.4, -0.2) is 5.97 Å². The molecule has 0 saturated heterocycles. The van der Waals surface area contributed by atoms with Crippen LogP contribution in [0.3, 0.4) is 0 Å². The van der Waals surface area contributed by atoms with E-state index in [-0.39, 0.29) is 11.9 Å². The lowest BCUT2D eigenvalue weighted by molar-refractivity contribution is -0.147. The third kappa shape index (κ3) is 1.31. The molecule has 0 aromatic heterocycles. The molecule has 1 aromatic rings. The van der Waals surface area contributed by atoms with Crippen LogP contribution in [0.5, 0.6) is 0 Å². The van der Waals surface area contributed by atoms with Crippen molar-refractivity contribution < 1.29 is 9.53 Å². The van der Waals surface area contributed by atoms with Gasteiger partial charge in [0.25, 0.3) is 0 Å². The topological polar surface area (TPSA) is 26.3 Å². The van der Waals surface area contributed by atoms with Crippen LogP contribution in [0.25, 0.3) is 0 Å². The first-order valence-corrected chi connectivity index (χ1v) is 4.86. The average molecular weight is 190 g/mol. The Balaban J connectivity index is 2.59. The van der Waals surface area contributed by atoms with Gasteiger partial charge in [0.05, 0.1) is 5.92 Å². The number of ether oxygens (including phenoxy) is 1. The molecule has 14 heavy (non-hydrogen) atoms. The number of cyclic esters (lactones) is 1. The summed E-state index contributed by atoms with van der Waals surface area (Å²) in [5.41, 5.74) is 4.75. The molecule has 1 aliphatic heterocycles. The predicted octanol–water partition coefficient (Wildman–Crippen LogP) is 2.46. The molecule has 0 saturated carbocycles. The SMILES string of the molecule is Cc1cc(C)c2c(c1)C(C)C(=O)OC2. The van der Waals surface area contributed by atoms with Crippen LogP contribution < -0.4 is 0 Å². The Morgan fingerprint density at radius 1 is 1.36 bits per heavy atom. The first kappa shape index (κ1) is 9.25. The Bertz CT molecular complexity index is 394. The molecule has 1 unspecified atom stereocenters. The highest BCUT2D eigenvalue weighted by Gasteiger charge is 2.26. The van der Waals surface area contributed by atoms with Gasteiger partial charge in [-0.15, -0.1) is 0 Å². The molecule has 2 rings (SSSR count). The molecule has 1 aromatic carbocycles. The lowest BCUT2D eigenvalue weighted by Crippen LogP contribution is -2.21. The molecule has 0 spiro atoms. The standard InChI is InChI=1S/C12H14O2/c1-7-4-8(2)11-6-14-12(13)9(3)10(11)5-7/h4-5,9H,6H2,1-3H3. The second-order valence-electron chi connectivity index (χ2n) is 3.98. The fourth-order valence-corrected chi connectivity index (χ4v) is 2.01. The summed E-state index contributed by atoms with van der Waals surface area (Å²) in [4.78, 5) is 11.4. The molecule has 2 nitrogen and oxygen atoms in total. The minimum absolute atomic E-state index is 0.109. The van der Waals surface area contributed by atoms with Crippen molar-refractivity contribution >= 4 is 5.97 Å². The van der Waals surface area contributed by atoms with Crippen LogP contribution in [0.1, 0.15) is 35.1 Å². The highest BCUT2D eigenvalue weighted by atomic mass is 16.5. The average Bonchev–Trinajstić information content (AvgIpc) is 2.12. The molecule has 0 N–H and O–H groups in total. The molecule has 0 amide bonds. The molecule has 74 valence electrons. The van der Waals surface area contributed by atoms with Gasteiger partial charge in [0.15, 0.2) is 0 Å². The van der Waals surface area contributed by atoms with E-state index in [4.69, 9.17) is 4.74 Å². The van der Waals surface area contributed by atoms with Crippen LogP contribution in [0, 0.1) is 13.8 Å². The second kappa shape index (κ2) is 3.12. The van der Waals surface area contributed by atoms with E-state index in [9.17, 15) is 4.79 Å². The Hall–Kier alpha value is -1.31. The fourth-order valence-electron chi connectivity index (χ4n) is 2.01. The highest BCUT2D eigenvalue weighted by molar-refractivity contribution is 5.80. The minimum Gasteiger partial charge on any atom is -0.460 e. The number of hydrogen-bond donors (Lipinski definition) is 0. The lowest BCUT2D eigenvalue weighted by Gasteiger charge is -2.23. The molecule has 1 aliphatic rings. The Morgan fingerprint density at radius 3 is 2.79 bits per heavy atom. The molecule has 0 aliphatic carbocycles. The second-order valence-corrected chi connectivity index (χ2v) is 3.98. The van der Waals surface area contributed by atoms with Crippen LogP contribution in [0.4, 0.5) is 0 Å². The molecule has 2 heteroatoms. The van der Waals surface area contributed by atoms with Crippen molar-refractivity contribution in [3.05, 3.63) is 34.4 Å². The van der Waals surface area contributed by atoms with Crippen LogP contribution in [-0.2, 0) is 16.1 Å². The van der Waals surface area contributed by atoms with Gasteiger partial charge < -0.3 is 4.74 Å². The normalized spacial score (nSPS) is 20.2. The molecule has 0 bridgehead atoms. The molecule has 1 atom stereocenters. The zero-order chi connectivity index (χ0) is 10.3. The van der Waals surface area contributed by atoms with Gasteiger partial charge in [-0.25, -0.2) is 0 Å².